The lowest BCUT2D eigenvalue weighted by Crippen LogP contribution is -2.54. The van der Waals surface area contributed by atoms with Gasteiger partial charge >= 0.3 is 0 Å². The number of aromatic nitrogens is 4. The predicted octanol–water partition coefficient (Wildman–Crippen LogP) is 6.23. The number of aryl methyl sites for hydroxylation is 1. The van der Waals surface area contributed by atoms with Gasteiger partial charge in [0, 0.05) is 105 Å². The second kappa shape index (κ2) is 18.4. The zero-order valence-corrected chi connectivity index (χ0v) is 41.3. The van der Waals surface area contributed by atoms with Crippen LogP contribution in [0.3, 0.4) is 0 Å². The summed E-state index contributed by atoms with van der Waals surface area (Å²) in [4.78, 5) is 81.7. The number of imide groups is 2. The van der Waals surface area contributed by atoms with E-state index in [9.17, 15) is 28.5 Å². The summed E-state index contributed by atoms with van der Waals surface area (Å²) in [5.74, 6) is -0.219. The van der Waals surface area contributed by atoms with Crippen molar-refractivity contribution in [3.05, 3.63) is 88.3 Å². The first-order valence-corrected chi connectivity index (χ1v) is 26.6. The number of piperazine rings is 1. The molecule has 2 aromatic heterocycles. The van der Waals surface area contributed by atoms with Gasteiger partial charge in [0.15, 0.2) is 0 Å². The maximum Gasteiger partial charge on any atom is 0.262 e. The lowest BCUT2D eigenvalue weighted by molar-refractivity contribution is -0.137. The molecule has 3 N–H and O–H groups in total. The van der Waals surface area contributed by atoms with Crippen LogP contribution >= 0.6 is 23.1 Å². The molecule has 4 aliphatic heterocycles. The van der Waals surface area contributed by atoms with Gasteiger partial charge < -0.3 is 34.6 Å². The van der Waals surface area contributed by atoms with E-state index in [1.54, 1.807) is 49.5 Å². The highest BCUT2D eigenvalue weighted by molar-refractivity contribution is 9.10. The maximum absolute atomic E-state index is 14.0. The van der Waals surface area contributed by atoms with E-state index in [-0.39, 0.29) is 35.8 Å². The maximum atomic E-state index is 14.0. The van der Waals surface area contributed by atoms with Gasteiger partial charge in [-0.2, -0.15) is 10.1 Å². The van der Waals surface area contributed by atoms with E-state index in [0.717, 1.165) is 51.2 Å². The predicted molar refractivity (Wildman–Crippen MR) is 266 cm³/mol. The van der Waals surface area contributed by atoms with Crippen molar-refractivity contribution in [3.8, 4) is 16.9 Å². The molecule has 5 aliphatic rings. The Bertz CT molecular complexity index is 2970. The van der Waals surface area contributed by atoms with Gasteiger partial charge in [-0.15, -0.1) is 0 Å². The Labute approximate surface area is 407 Å². The Hall–Kier alpha value is -6.59. The standard InChI is InChI=1S/C49H53BrN11O7P/c1-57-27-31(25-52-57)34-23-38(54-49-51-26-36(50)44(56-49)53-37-10-7-30(28-5-6-28)21-42(37)69(3,4)67)41(68-2)24-40(34)59-15-13-29(14-16-59)46(64)60-19-17-58(18-20-60)32-8-9-33-35(22-32)48(66)61(47(33)65)39-11-12-43(62)55-45(39)63/h7-10,21-29,39H,5-6,11-20H2,1-4H3,(H,55,62,63)(H2,51,53,54,56). The number of ether oxygens (including phenoxy) is 1. The van der Waals surface area contributed by atoms with Crippen LogP contribution in [-0.4, -0.2) is 125 Å². The molecule has 18 nitrogen and oxygen atoms in total. The zero-order chi connectivity index (χ0) is 48.3. The SMILES string of the molecule is COc1cc(N2CCC(C(=O)N3CCN(c4ccc5c(c4)C(=O)N(C4CCC(=O)NC4=O)C5=O)CC3)CC2)c(-c2cnn(C)c2)cc1Nc1ncc(Br)c(Nc2ccc(C3CC3)cc2P(C)(C)=O)n1. The molecule has 10 rings (SSSR count). The van der Waals surface area contributed by atoms with Crippen LogP contribution in [0.4, 0.5) is 34.5 Å². The van der Waals surface area contributed by atoms with Crippen LogP contribution in [0.5, 0.6) is 5.75 Å². The average molecular weight is 1020 g/mol. The summed E-state index contributed by atoms with van der Waals surface area (Å²) in [7, 11) is 0.872. The quantitative estimate of drug-likeness (QED) is 0.0938. The molecule has 6 heterocycles. The largest absolute Gasteiger partial charge is 0.494 e. The van der Waals surface area contributed by atoms with Gasteiger partial charge in [-0.05, 0) is 109 Å². The molecule has 1 saturated carbocycles. The number of anilines is 6. The molecule has 3 aromatic carbocycles. The monoisotopic (exact) mass is 1020 g/mol. The normalized spacial score (nSPS) is 18.9. The van der Waals surface area contributed by atoms with E-state index in [1.165, 1.54) is 5.56 Å². The number of hydrogen-bond acceptors (Lipinski definition) is 14. The molecule has 5 amide bonds. The summed E-state index contributed by atoms with van der Waals surface area (Å²) >= 11 is 3.61. The van der Waals surface area contributed by atoms with Gasteiger partial charge in [0.2, 0.25) is 23.7 Å². The molecule has 1 unspecified atom stereocenters. The minimum atomic E-state index is -2.63. The van der Waals surface area contributed by atoms with Crippen LogP contribution in [0.2, 0.25) is 0 Å². The number of rotatable bonds is 12. The van der Waals surface area contributed by atoms with Crippen molar-refractivity contribution < 1.29 is 33.3 Å². The van der Waals surface area contributed by atoms with E-state index < -0.39 is 36.8 Å². The number of hydrogen-bond donors (Lipinski definition) is 3. The fourth-order valence-corrected chi connectivity index (χ4v) is 11.3. The van der Waals surface area contributed by atoms with Crippen LogP contribution in [0.1, 0.15) is 70.7 Å². The Kier molecular flexibility index (Phi) is 12.3. The minimum absolute atomic E-state index is 0.0559. The third-order valence-corrected chi connectivity index (χ3v) is 15.9. The molecule has 69 heavy (non-hydrogen) atoms. The number of amides is 5. The van der Waals surface area contributed by atoms with Crippen LogP contribution in [0.15, 0.2) is 71.6 Å². The Balaban J connectivity index is 0.804. The van der Waals surface area contributed by atoms with Crippen molar-refractivity contribution >= 4 is 92.4 Å². The number of fused-ring (bicyclic) bond motifs is 1. The number of halogens is 1. The van der Waals surface area contributed by atoms with Crippen molar-refractivity contribution in [2.45, 2.75) is 50.5 Å². The van der Waals surface area contributed by atoms with Gasteiger partial charge in [-0.3, -0.25) is 38.9 Å². The summed E-state index contributed by atoms with van der Waals surface area (Å²) < 4.78 is 21.9. The van der Waals surface area contributed by atoms with E-state index in [4.69, 9.17) is 9.72 Å². The van der Waals surface area contributed by atoms with E-state index >= 15 is 0 Å². The van der Waals surface area contributed by atoms with Crippen LogP contribution in [0.25, 0.3) is 11.1 Å². The average Bonchev–Trinajstić information content (AvgIpc) is 4.06. The zero-order valence-electron chi connectivity index (χ0n) is 38.8. The number of nitrogens with zero attached hydrogens (tertiary/aromatic N) is 8. The summed E-state index contributed by atoms with van der Waals surface area (Å²) in [5.41, 5.74) is 6.61. The molecular formula is C49H53BrN11O7P. The first kappa shape index (κ1) is 46.2. The van der Waals surface area contributed by atoms with Crippen molar-refractivity contribution in [1.82, 2.24) is 34.9 Å². The second-order valence-corrected chi connectivity index (χ2v) is 22.8. The lowest BCUT2D eigenvalue weighted by Gasteiger charge is -2.40. The van der Waals surface area contributed by atoms with E-state index in [2.05, 4.69) is 63.9 Å². The van der Waals surface area contributed by atoms with Crippen LogP contribution in [-0.2, 0) is 26.0 Å². The molecule has 0 spiro atoms. The molecule has 0 radical (unpaired) electrons. The van der Waals surface area contributed by atoms with Gasteiger partial charge in [0.25, 0.3) is 11.8 Å². The second-order valence-electron chi connectivity index (χ2n) is 18.8. The minimum Gasteiger partial charge on any atom is -0.494 e. The number of carbonyl (C=O) groups is 5. The summed E-state index contributed by atoms with van der Waals surface area (Å²) in [6.07, 6.45) is 9.25. The Morgan fingerprint density at radius 1 is 0.826 bits per heavy atom. The van der Waals surface area contributed by atoms with Crippen LogP contribution < -0.4 is 35.8 Å². The molecule has 358 valence electrons. The van der Waals surface area contributed by atoms with Crippen molar-refractivity contribution in [1.29, 1.82) is 0 Å². The van der Waals surface area contributed by atoms with Gasteiger partial charge in [0.05, 0.1) is 40.3 Å². The molecule has 5 aromatic rings. The van der Waals surface area contributed by atoms with Gasteiger partial charge in [0.1, 0.15) is 24.8 Å². The van der Waals surface area contributed by atoms with Crippen molar-refractivity contribution in [2.75, 3.05) is 80.1 Å². The first-order valence-electron chi connectivity index (χ1n) is 23.2. The van der Waals surface area contributed by atoms with E-state index in [1.807, 2.05) is 42.5 Å². The van der Waals surface area contributed by atoms with Crippen molar-refractivity contribution in [2.24, 2.45) is 13.0 Å². The fourth-order valence-electron chi connectivity index (χ4n) is 9.89. The van der Waals surface area contributed by atoms with Gasteiger partial charge in [-0.25, -0.2) is 4.98 Å². The topological polar surface area (TPSA) is 204 Å². The smallest absolute Gasteiger partial charge is 0.262 e. The molecule has 1 atom stereocenters. The number of carbonyl (C=O) groups excluding carboxylic acids is 5. The third kappa shape index (κ3) is 9.21. The van der Waals surface area contributed by atoms with Gasteiger partial charge in [-0.1, -0.05) is 6.07 Å². The molecular weight excluding hydrogens is 965 g/mol. The Morgan fingerprint density at radius 2 is 1.58 bits per heavy atom. The first-order chi connectivity index (χ1) is 33.1. The molecule has 1 aliphatic carbocycles. The van der Waals surface area contributed by atoms with Crippen molar-refractivity contribution in [3.63, 3.8) is 0 Å². The highest BCUT2D eigenvalue weighted by atomic mass is 79.9. The third-order valence-electron chi connectivity index (χ3n) is 13.8. The highest BCUT2D eigenvalue weighted by Crippen LogP contribution is 2.45. The highest BCUT2D eigenvalue weighted by Gasteiger charge is 2.45. The molecule has 0 bridgehead atoms. The number of nitrogens with one attached hydrogen (secondary N) is 3. The molecule has 3 saturated heterocycles. The van der Waals surface area contributed by atoms with E-state index in [0.29, 0.717) is 85.7 Å². The number of benzene rings is 3. The number of methoxy groups -OCH3 is 1. The summed E-state index contributed by atoms with van der Waals surface area (Å²) in [6, 6.07) is 14.3. The van der Waals surface area contributed by atoms with Crippen LogP contribution in [0, 0.1) is 5.92 Å². The summed E-state index contributed by atoms with van der Waals surface area (Å²) in [6.45, 7) is 6.99. The number of piperidine rings is 2. The Morgan fingerprint density at radius 3 is 2.26 bits per heavy atom. The lowest BCUT2D eigenvalue weighted by atomic mass is 9.93. The fraction of sp³-hybridized carbons (Fsp3) is 0.388. The molecule has 20 heteroatoms. The molecule has 4 fully saturated rings. The summed E-state index contributed by atoms with van der Waals surface area (Å²) in [5, 5.41) is 14.3.